The van der Waals surface area contributed by atoms with E-state index in [9.17, 15) is 9.90 Å². The lowest BCUT2D eigenvalue weighted by Crippen LogP contribution is -2.00. The normalized spacial score (nSPS) is 11.5. The number of methoxy groups -OCH3 is 1. The molecule has 3 rings (SSSR count). The minimum atomic E-state index is -0.465. The summed E-state index contributed by atoms with van der Waals surface area (Å²) in [6, 6.07) is 7.60. The van der Waals surface area contributed by atoms with Crippen LogP contribution in [-0.2, 0) is 6.54 Å². The van der Waals surface area contributed by atoms with E-state index in [1.54, 1.807) is 18.0 Å². The summed E-state index contributed by atoms with van der Waals surface area (Å²) in [4.78, 5) is 15.6. The summed E-state index contributed by atoms with van der Waals surface area (Å²) in [5, 5.41) is 20.3. The molecule has 2 aromatic heterocycles. The van der Waals surface area contributed by atoms with Gasteiger partial charge in [-0.1, -0.05) is 12.1 Å². The van der Waals surface area contributed by atoms with E-state index in [4.69, 9.17) is 4.74 Å². The number of allylic oxidation sites excluding steroid dienone is 1. The number of hydrogen-bond donors (Lipinski definition) is 2. The van der Waals surface area contributed by atoms with E-state index in [0.717, 1.165) is 17.4 Å². The number of hydrogen-bond acceptors (Lipinski definition) is 6. The van der Waals surface area contributed by atoms with Crippen LogP contribution in [0, 0.1) is 0 Å². The number of carbonyl (C=O) groups excluding carboxylic acids is 1. The summed E-state index contributed by atoms with van der Waals surface area (Å²) in [5.41, 5.74) is 1.48. The van der Waals surface area contributed by atoms with Crippen LogP contribution in [0.25, 0.3) is 5.76 Å². The average molecular weight is 325 g/mol. The van der Waals surface area contributed by atoms with Gasteiger partial charge >= 0.3 is 0 Å². The minimum absolute atomic E-state index is 0.0622. The van der Waals surface area contributed by atoms with Gasteiger partial charge in [0.05, 0.1) is 25.4 Å². The second-order valence-electron chi connectivity index (χ2n) is 5.00. The molecule has 122 valence electrons. The van der Waals surface area contributed by atoms with Gasteiger partial charge in [-0.15, -0.1) is 0 Å². The molecule has 24 heavy (non-hydrogen) atoms. The summed E-state index contributed by atoms with van der Waals surface area (Å²) in [7, 11) is 1.62. The Morgan fingerprint density at radius 3 is 2.83 bits per heavy atom. The van der Waals surface area contributed by atoms with Crippen molar-refractivity contribution >= 4 is 11.5 Å². The van der Waals surface area contributed by atoms with E-state index in [0.29, 0.717) is 12.1 Å². The van der Waals surface area contributed by atoms with Gasteiger partial charge in [0.15, 0.2) is 5.82 Å². The Morgan fingerprint density at radius 2 is 2.17 bits per heavy atom. The fourth-order valence-electron chi connectivity index (χ4n) is 2.10. The molecule has 0 saturated heterocycles. The van der Waals surface area contributed by atoms with Crippen LogP contribution in [-0.4, -0.2) is 43.0 Å². The Hall–Kier alpha value is -3.42. The number of nitrogens with one attached hydrogen (secondary N) is 1. The SMILES string of the molecule is COc1ccc(Cn2cc(C(O)=CC(=O)c3ncn[nH]3)cn2)cc1. The van der Waals surface area contributed by atoms with Gasteiger partial charge in [0, 0.05) is 12.3 Å². The molecule has 1 aromatic carbocycles. The molecule has 0 bridgehead atoms. The van der Waals surface area contributed by atoms with E-state index >= 15 is 0 Å². The maximum Gasteiger partial charge on any atom is 0.226 e. The predicted octanol–water partition coefficient (Wildman–Crippen LogP) is 1.84. The summed E-state index contributed by atoms with van der Waals surface area (Å²) in [6.45, 7) is 0.535. The van der Waals surface area contributed by atoms with Gasteiger partial charge in [-0.25, -0.2) is 4.98 Å². The van der Waals surface area contributed by atoms with Crippen molar-refractivity contribution < 1.29 is 14.6 Å². The highest BCUT2D eigenvalue weighted by Crippen LogP contribution is 2.14. The zero-order chi connectivity index (χ0) is 16.9. The van der Waals surface area contributed by atoms with Crippen LogP contribution >= 0.6 is 0 Å². The standard InChI is InChI=1S/C16H15N5O3/c1-24-13-4-2-11(3-5-13)8-21-9-12(7-19-21)14(22)6-15(23)16-17-10-18-20-16/h2-7,9-10,22H,8H2,1H3,(H,17,18,20). The zero-order valence-electron chi connectivity index (χ0n) is 12.9. The molecule has 0 spiro atoms. The molecule has 3 aromatic rings. The molecule has 8 nitrogen and oxygen atoms in total. The molecular weight excluding hydrogens is 310 g/mol. The first-order chi connectivity index (χ1) is 11.7. The number of benzene rings is 1. The van der Waals surface area contributed by atoms with E-state index in [-0.39, 0.29) is 11.6 Å². The molecule has 0 fully saturated rings. The third-order valence-corrected chi connectivity index (χ3v) is 3.35. The Bertz CT molecular complexity index is 850. The first-order valence-electron chi connectivity index (χ1n) is 7.12. The molecule has 8 heteroatoms. The number of ketones is 1. The lowest BCUT2D eigenvalue weighted by molar-refractivity contribution is 0.103. The van der Waals surface area contributed by atoms with Gasteiger partial charge in [0.25, 0.3) is 0 Å². The number of carbonyl (C=O) groups is 1. The average Bonchev–Trinajstić information content (AvgIpc) is 3.27. The smallest absolute Gasteiger partial charge is 0.226 e. The zero-order valence-corrected chi connectivity index (χ0v) is 12.9. The van der Waals surface area contributed by atoms with Crippen molar-refractivity contribution in [2.24, 2.45) is 0 Å². The molecule has 0 aliphatic heterocycles. The number of aromatic nitrogens is 5. The minimum Gasteiger partial charge on any atom is -0.507 e. The fraction of sp³-hybridized carbons (Fsp3) is 0.125. The molecule has 0 unspecified atom stereocenters. The molecular formula is C16H15N5O3. The van der Waals surface area contributed by atoms with Crippen LogP contribution in [0.1, 0.15) is 21.7 Å². The molecule has 0 radical (unpaired) electrons. The number of H-pyrrole nitrogens is 1. The third-order valence-electron chi connectivity index (χ3n) is 3.35. The highest BCUT2D eigenvalue weighted by molar-refractivity contribution is 6.05. The van der Waals surface area contributed by atoms with E-state index in [1.165, 1.54) is 12.5 Å². The summed E-state index contributed by atoms with van der Waals surface area (Å²) >= 11 is 0. The molecule has 0 aliphatic carbocycles. The maximum absolute atomic E-state index is 11.8. The van der Waals surface area contributed by atoms with Crippen molar-refractivity contribution in [3.05, 3.63) is 66.0 Å². The van der Waals surface area contributed by atoms with Crippen molar-refractivity contribution in [2.75, 3.05) is 7.11 Å². The lowest BCUT2D eigenvalue weighted by Gasteiger charge is -2.03. The Kier molecular flexibility index (Phi) is 4.37. The quantitative estimate of drug-likeness (QED) is 0.407. The number of aliphatic hydroxyl groups excluding tert-OH is 1. The van der Waals surface area contributed by atoms with E-state index in [2.05, 4.69) is 20.3 Å². The summed E-state index contributed by atoms with van der Waals surface area (Å²) < 4.78 is 6.78. The van der Waals surface area contributed by atoms with Gasteiger partial charge in [-0.05, 0) is 17.7 Å². The van der Waals surface area contributed by atoms with Gasteiger partial charge in [-0.3, -0.25) is 14.6 Å². The first kappa shape index (κ1) is 15.5. The van der Waals surface area contributed by atoms with Gasteiger partial charge < -0.3 is 9.84 Å². The first-order valence-corrected chi connectivity index (χ1v) is 7.12. The maximum atomic E-state index is 11.8. The molecule has 0 amide bonds. The van der Waals surface area contributed by atoms with Crippen LogP contribution in [0.5, 0.6) is 5.75 Å². The van der Waals surface area contributed by atoms with Crippen LogP contribution < -0.4 is 4.74 Å². The Morgan fingerprint density at radius 1 is 1.38 bits per heavy atom. The van der Waals surface area contributed by atoms with E-state index in [1.807, 2.05) is 24.3 Å². The van der Waals surface area contributed by atoms with Crippen molar-refractivity contribution in [2.45, 2.75) is 6.54 Å². The topological polar surface area (TPSA) is 106 Å². The monoisotopic (exact) mass is 325 g/mol. The van der Waals surface area contributed by atoms with Gasteiger partial charge in [0.1, 0.15) is 17.8 Å². The summed E-state index contributed by atoms with van der Waals surface area (Å²) in [6.07, 6.45) is 5.45. The Balaban J connectivity index is 1.71. The van der Waals surface area contributed by atoms with Crippen LogP contribution in [0.4, 0.5) is 0 Å². The van der Waals surface area contributed by atoms with Crippen molar-refractivity contribution in [3.63, 3.8) is 0 Å². The molecule has 0 atom stereocenters. The fourth-order valence-corrected chi connectivity index (χ4v) is 2.10. The molecule has 0 aliphatic rings. The predicted molar refractivity (Wildman–Crippen MR) is 85.6 cm³/mol. The van der Waals surface area contributed by atoms with Crippen LogP contribution in [0.15, 0.2) is 49.1 Å². The van der Waals surface area contributed by atoms with E-state index < -0.39 is 5.78 Å². The number of rotatable bonds is 6. The Labute approximate surface area is 137 Å². The van der Waals surface area contributed by atoms with Crippen molar-refractivity contribution in [1.29, 1.82) is 0 Å². The molecule has 2 heterocycles. The number of ether oxygens (including phenoxy) is 1. The molecule has 2 N–H and O–H groups in total. The third kappa shape index (κ3) is 3.49. The van der Waals surface area contributed by atoms with Crippen LogP contribution in [0.3, 0.4) is 0 Å². The highest BCUT2D eigenvalue weighted by Gasteiger charge is 2.10. The van der Waals surface area contributed by atoms with Gasteiger partial charge in [-0.2, -0.15) is 10.2 Å². The van der Waals surface area contributed by atoms with Crippen molar-refractivity contribution in [1.82, 2.24) is 25.0 Å². The number of aliphatic hydroxyl groups is 1. The number of nitrogens with zero attached hydrogens (tertiary/aromatic N) is 4. The van der Waals surface area contributed by atoms with Crippen LogP contribution in [0.2, 0.25) is 0 Å². The lowest BCUT2D eigenvalue weighted by atomic mass is 10.2. The highest BCUT2D eigenvalue weighted by atomic mass is 16.5. The van der Waals surface area contributed by atoms with Gasteiger partial charge in [0.2, 0.25) is 5.78 Å². The number of aromatic amines is 1. The second kappa shape index (κ2) is 6.78. The largest absolute Gasteiger partial charge is 0.507 e. The second-order valence-corrected chi connectivity index (χ2v) is 5.00. The molecule has 0 saturated carbocycles. The summed E-state index contributed by atoms with van der Waals surface area (Å²) in [5.74, 6) is 0.198. The van der Waals surface area contributed by atoms with Crippen molar-refractivity contribution in [3.8, 4) is 5.75 Å².